The summed E-state index contributed by atoms with van der Waals surface area (Å²) in [5.41, 5.74) is 9.19. The molecule has 0 saturated heterocycles. The summed E-state index contributed by atoms with van der Waals surface area (Å²) in [4.78, 5) is 4.37. The molecule has 21 heavy (non-hydrogen) atoms. The average Bonchev–Trinajstić information content (AvgIpc) is 2.55. The van der Waals surface area contributed by atoms with E-state index in [0.717, 1.165) is 16.7 Å². The Balaban J connectivity index is 2.26. The Kier molecular flexibility index (Phi) is 5.18. The van der Waals surface area contributed by atoms with Gasteiger partial charge in [0.1, 0.15) is 11.0 Å². The fraction of sp³-hybridized carbons (Fsp3) is 0.167. The number of nitrogens with zero attached hydrogens (tertiary/aromatic N) is 1. The van der Waals surface area contributed by atoms with Crippen molar-refractivity contribution in [2.24, 2.45) is 10.7 Å². The molecule has 0 amide bonds. The summed E-state index contributed by atoms with van der Waals surface area (Å²) in [7, 11) is 0. The van der Waals surface area contributed by atoms with Crippen molar-refractivity contribution in [3.05, 3.63) is 76.9 Å². The lowest BCUT2D eigenvalue weighted by atomic mass is 10.0. The van der Waals surface area contributed by atoms with Gasteiger partial charge < -0.3 is 5.73 Å². The zero-order valence-electron chi connectivity index (χ0n) is 12.3. The van der Waals surface area contributed by atoms with E-state index in [1.54, 1.807) is 0 Å². The van der Waals surface area contributed by atoms with Crippen molar-refractivity contribution in [2.45, 2.75) is 19.8 Å². The van der Waals surface area contributed by atoms with Gasteiger partial charge in [0.05, 0.1) is 0 Å². The molecule has 1 atom stereocenters. The van der Waals surface area contributed by atoms with Crippen LogP contribution in [0.4, 0.5) is 0 Å². The first-order valence-electron chi connectivity index (χ1n) is 6.90. The normalized spacial score (nSPS) is 14.5. The van der Waals surface area contributed by atoms with Crippen LogP contribution in [0, 0.1) is 0 Å². The van der Waals surface area contributed by atoms with E-state index in [0.29, 0.717) is 11.0 Å². The van der Waals surface area contributed by atoms with Crippen LogP contribution in [-0.2, 0) is 0 Å². The minimum Gasteiger partial charge on any atom is -0.387 e. The highest BCUT2D eigenvalue weighted by molar-refractivity contribution is 6.33. The van der Waals surface area contributed by atoms with Crippen LogP contribution in [0.1, 0.15) is 30.9 Å². The van der Waals surface area contributed by atoms with Crippen LogP contribution in [0.25, 0.3) is 5.57 Å². The Hall–Kier alpha value is -2.06. The quantitative estimate of drug-likeness (QED) is 0.492. The molecule has 0 heterocycles. The number of hydrogen-bond donors (Lipinski definition) is 1. The molecule has 2 aromatic rings. The second-order valence-electron chi connectivity index (χ2n) is 4.95. The predicted octanol–water partition coefficient (Wildman–Crippen LogP) is 4.77. The van der Waals surface area contributed by atoms with Gasteiger partial charge in [0.15, 0.2) is 0 Å². The van der Waals surface area contributed by atoms with E-state index in [1.807, 2.05) is 74.5 Å². The fourth-order valence-electron chi connectivity index (χ4n) is 2.01. The smallest absolute Gasteiger partial charge is 0.134 e. The molecule has 2 aromatic carbocycles. The highest BCUT2D eigenvalue weighted by atomic mass is 35.5. The average molecular weight is 299 g/mol. The Morgan fingerprint density at radius 2 is 1.52 bits per heavy atom. The summed E-state index contributed by atoms with van der Waals surface area (Å²) < 4.78 is 0. The number of rotatable bonds is 4. The van der Waals surface area contributed by atoms with E-state index < -0.39 is 0 Å². The summed E-state index contributed by atoms with van der Waals surface area (Å²) in [6.07, 6.45) is 0. The van der Waals surface area contributed by atoms with Gasteiger partial charge >= 0.3 is 0 Å². The van der Waals surface area contributed by atoms with Crippen molar-refractivity contribution in [1.82, 2.24) is 0 Å². The van der Waals surface area contributed by atoms with Crippen molar-refractivity contribution in [2.75, 3.05) is 0 Å². The van der Waals surface area contributed by atoms with Gasteiger partial charge in [-0.3, -0.25) is 0 Å². The first kappa shape index (κ1) is 15.3. The molecule has 0 saturated carbocycles. The summed E-state index contributed by atoms with van der Waals surface area (Å²) in [6, 6.07) is 20.0. The van der Waals surface area contributed by atoms with Gasteiger partial charge in [-0.15, -0.1) is 0 Å². The van der Waals surface area contributed by atoms with Crippen LogP contribution < -0.4 is 5.73 Å². The molecule has 0 aliphatic carbocycles. The molecule has 0 aliphatic heterocycles. The molecule has 0 fully saturated rings. The van der Waals surface area contributed by atoms with Crippen LogP contribution in [-0.4, -0.2) is 5.84 Å². The van der Waals surface area contributed by atoms with Crippen LogP contribution in [0.15, 0.2) is 70.8 Å². The first-order chi connectivity index (χ1) is 10.1. The van der Waals surface area contributed by atoms with Gasteiger partial charge in [-0.2, -0.15) is 0 Å². The molecule has 2 N–H and O–H groups in total. The van der Waals surface area contributed by atoms with Gasteiger partial charge in [-0.1, -0.05) is 79.2 Å². The summed E-state index contributed by atoms with van der Waals surface area (Å²) >= 11 is 6.30. The van der Waals surface area contributed by atoms with Gasteiger partial charge in [0, 0.05) is 5.92 Å². The van der Waals surface area contributed by atoms with Gasteiger partial charge in [0.25, 0.3) is 0 Å². The monoisotopic (exact) mass is 298 g/mol. The Labute approximate surface area is 131 Å². The van der Waals surface area contributed by atoms with E-state index in [2.05, 4.69) is 4.99 Å². The number of aliphatic imine (C=N–C) groups is 1. The van der Waals surface area contributed by atoms with Gasteiger partial charge in [-0.25, -0.2) is 4.99 Å². The molecule has 2 nitrogen and oxygen atoms in total. The lowest BCUT2D eigenvalue weighted by Gasteiger charge is -2.11. The highest BCUT2D eigenvalue weighted by Crippen LogP contribution is 2.23. The number of allylic oxidation sites excluding steroid dienone is 1. The summed E-state index contributed by atoms with van der Waals surface area (Å²) in [6.45, 7) is 3.97. The third-order valence-corrected chi connectivity index (χ3v) is 3.85. The second-order valence-corrected chi connectivity index (χ2v) is 5.31. The molecular weight excluding hydrogens is 280 g/mol. The molecular formula is C18H19ClN2. The maximum absolute atomic E-state index is 6.30. The molecule has 3 heteroatoms. The zero-order valence-corrected chi connectivity index (χ0v) is 13.0. The Morgan fingerprint density at radius 3 is 2.10 bits per heavy atom. The molecule has 0 aliphatic rings. The van der Waals surface area contributed by atoms with Crippen molar-refractivity contribution in [3.8, 4) is 0 Å². The Morgan fingerprint density at radius 1 is 1.00 bits per heavy atom. The summed E-state index contributed by atoms with van der Waals surface area (Å²) in [5, 5.41) is 0.432. The maximum Gasteiger partial charge on any atom is 0.134 e. The van der Waals surface area contributed by atoms with Crippen LogP contribution in [0.5, 0.6) is 0 Å². The third kappa shape index (κ3) is 3.96. The van der Waals surface area contributed by atoms with Gasteiger partial charge in [0.2, 0.25) is 0 Å². The topological polar surface area (TPSA) is 38.4 Å². The van der Waals surface area contributed by atoms with E-state index in [1.165, 1.54) is 0 Å². The van der Waals surface area contributed by atoms with Crippen molar-refractivity contribution in [3.63, 3.8) is 0 Å². The molecule has 1 unspecified atom stereocenters. The van der Waals surface area contributed by atoms with Crippen LogP contribution in [0.2, 0.25) is 0 Å². The molecule has 2 rings (SSSR count). The lowest BCUT2D eigenvalue weighted by Crippen LogP contribution is -2.19. The van der Waals surface area contributed by atoms with Crippen molar-refractivity contribution in [1.29, 1.82) is 0 Å². The number of amidine groups is 1. The molecule has 0 radical (unpaired) electrons. The number of halogens is 1. The molecule has 0 aromatic heterocycles. The van der Waals surface area contributed by atoms with Crippen molar-refractivity contribution >= 4 is 23.0 Å². The molecule has 108 valence electrons. The molecule has 0 spiro atoms. The van der Waals surface area contributed by atoms with Crippen LogP contribution in [0.3, 0.4) is 0 Å². The Bertz CT molecular complexity index is 645. The number of hydrogen-bond acceptors (Lipinski definition) is 1. The maximum atomic E-state index is 6.30. The van der Waals surface area contributed by atoms with E-state index in [4.69, 9.17) is 17.3 Å². The van der Waals surface area contributed by atoms with E-state index >= 15 is 0 Å². The minimum absolute atomic E-state index is 0.0310. The largest absolute Gasteiger partial charge is 0.387 e. The van der Waals surface area contributed by atoms with E-state index in [9.17, 15) is 0 Å². The standard InChI is InChI=1S/C18H19ClN2/c1-13(15-9-5-3-6-10-15)17(19)21-18(20)14(2)16-11-7-4-8-12-16/h3-12,14H,1-2H3,(H2,20,21)/b17-13-. The molecule has 0 bridgehead atoms. The third-order valence-electron chi connectivity index (χ3n) is 3.49. The van der Waals surface area contributed by atoms with Crippen molar-refractivity contribution < 1.29 is 0 Å². The predicted molar refractivity (Wildman–Crippen MR) is 91.4 cm³/mol. The SMILES string of the molecule is C/C(=C(Cl)/N=C(/N)C(C)c1ccccc1)c1ccccc1. The second kappa shape index (κ2) is 7.09. The highest BCUT2D eigenvalue weighted by Gasteiger charge is 2.10. The van der Waals surface area contributed by atoms with Gasteiger partial charge in [-0.05, 0) is 23.6 Å². The number of nitrogens with two attached hydrogens (primary N) is 1. The summed E-state index contributed by atoms with van der Waals surface area (Å²) in [5.74, 6) is 0.546. The van der Waals surface area contributed by atoms with Crippen LogP contribution >= 0.6 is 11.6 Å². The number of benzene rings is 2. The minimum atomic E-state index is 0.0310. The zero-order chi connectivity index (χ0) is 15.2. The fourth-order valence-corrected chi connectivity index (χ4v) is 2.22. The first-order valence-corrected chi connectivity index (χ1v) is 7.28. The van der Waals surface area contributed by atoms with E-state index in [-0.39, 0.29) is 5.92 Å². The lowest BCUT2D eigenvalue weighted by molar-refractivity contribution is 1.00.